The second-order valence-electron chi connectivity index (χ2n) is 4.78. The van der Waals surface area contributed by atoms with E-state index in [4.69, 9.17) is 9.47 Å². The third-order valence-corrected chi connectivity index (χ3v) is 2.60. The molecule has 0 bridgehead atoms. The number of aliphatic hydroxyl groups is 1. The monoisotopic (exact) mass is 252 g/mol. The lowest BCUT2D eigenvalue weighted by Crippen LogP contribution is -2.11. The molecule has 0 spiro atoms. The molecule has 1 N–H and O–H groups in total. The Bertz CT molecular complexity index is 336. The van der Waals surface area contributed by atoms with Gasteiger partial charge in [0.1, 0.15) is 12.4 Å². The van der Waals surface area contributed by atoms with Crippen LogP contribution in [0, 0.1) is 5.92 Å². The quantitative estimate of drug-likeness (QED) is 0.722. The molecule has 1 atom stereocenters. The van der Waals surface area contributed by atoms with Gasteiger partial charge in [-0.15, -0.1) is 0 Å². The van der Waals surface area contributed by atoms with Crippen LogP contribution in [0.15, 0.2) is 24.3 Å². The SMILES string of the molecule is CC[C@@H](O)c1ccccc1OCCOCC(C)C. The van der Waals surface area contributed by atoms with Gasteiger partial charge in [0.05, 0.1) is 12.7 Å². The summed E-state index contributed by atoms with van der Waals surface area (Å²) in [4.78, 5) is 0. The first-order chi connectivity index (χ1) is 8.65. The molecular weight excluding hydrogens is 228 g/mol. The Kier molecular flexibility index (Phi) is 6.76. The summed E-state index contributed by atoms with van der Waals surface area (Å²) < 4.78 is 11.1. The summed E-state index contributed by atoms with van der Waals surface area (Å²) >= 11 is 0. The van der Waals surface area contributed by atoms with E-state index < -0.39 is 6.10 Å². The predicted molar refractivity (Wildman–Crippen MR) is 72.8 cm³/mol. The van der Waals surface area contributed by atoms with Crippen LogP contribution in [0.4, 0.5) is 0 Å². The van der Waals surface area contributed by atoms with Crippen LogP contribution in [0.1, 0.15) is 38.9 Å². The van der Waals surface area contributed by atoms with Gasteiger partial charge in [0, 0.05) is 12.2 Å². The minimum atomic E-state index is -0.460. The van der Waals surface area contributed by atoms with E-state index in [0.717, 1.165) is 17.9 Å². The Balaban J connectivity index is 2.42. The zero-order valence-electron chi connectivity index (χ0n) is 11.6. The number of ether oxygens (including phenoxy) is 2. The maximum absolute atomic E-state index is 9.87. The Morgan fingerprint density at radius 3 is 2.56 bits per heavy atom. The summed E-state index contributed by atoms with van der Waals surface area (Å²) in [5, 5.41) is 9.87. The fourth-order valence-corrected chi connectivity index (χ4v) is 1.64. The van der Waals surface area contributed by atoms with Crippen LogP contribution in [-0.4, -0.2) is 24.9 Å². The van der Waals surface area contributed by atoms with Crippen molar-refractivity contribution in [3.63, 3.8) is 0 Å². The summed E-state index contributed by atoms with van der Waals surface area (Å²) in [5.74, 6) is 1.29. The van der Waals surface area contributed by atoms with E-state index in [2.05, 4.69) is 13.8 Å². The van der Waals surface area contributed by atoms with Crippen molar-refractivity contribution in [2.75, 3.05) is 19.8 Å². The van der Waals surface area contributed by atoms with Crippen LogP contribution >= 0.6 is 0 Å². The summed E-state index contributed by atoms with van der Waals surface area (Å²) in [7, 11) is 0. The molecule has 102 valence electrons. The van der Waals surface area contributed by atoms with Gasteiger partial charge < -0.3 is 14.6 Å². The average molecular weight is 252 g/mol. The second kappa shape index (κ2) is 8.11. The largest absolute Gasteiger partial charge is 0.491 e. The third-order valence-electron chi connectivity index (χ3n) is 2.60. The Morgan fingerprint density at radius 1 is 1.17 bits per heavy atom. The molecule has 0 aliphatic heterocycles. The lowest BCUT2D eigenvalue weighted by molar-refractivity contribution is 0.0802. The van der Waals surface area contributed by atoms with Gasteiger partial charge in [-0.1, -0.05) is 39.0 Å². The van der Waals surface area contributed by atoms with Gasteiger partial charge in [-0.25, -0.2) is 0 Å². The molecule has 0 amide bonds. The molecule has 0 aliphatic rings. The van der Waals surface area contributed by atoms with Crippen molar-refractivity contribution < 1.29 is 14.6 Å². The maximum Gasteiger partial charge on any atom is 0.125 e. The summed E-state index contributed by atoms with van der Waals surface area (Å²) in [6.45, 7) is 8.03. The van der Waals surface area contributed by atoms with E-state index in [1.54, 1.807) is 0 Å². The molecule has 0 heterocycles. The fraction of sp³-hybridized carbons (Fsp3) is 0.600. The van der Waals surface area contributed by atoms with Crippen molar-refractivity contribution in [3.8, 4) is 5.75 Å². The van der Waals surface area contributed by atoms with Gasteiger partial charge in [-0.05, 0) is 18.4 Å². The highest BCUT2D eigenvalue weighted by Crippen LogP contribution is 2.26. The van der Waals surface area contributed by atoms with Gasteiger partial charge in [0.2, 0.25) is 0 Å². The van der Waals surface area contributed by atoms with Gasteiger partial charge >= 0.3 is 0 Å². The summed E-state index contributed by atoms with van der Waals surface area (Å²) in [5.41, 5.74) is 0.851. The van der Waals surface area contributed by atoms with E-state index in [0.29, 0.717) is 25.6 Å². The van der Waals surface area contributed by atoms with Gasteiger partial charge in [0.15, 0.2) is 0 Å². The van der Waals surface area contributed by atoms with Crippen molar-refractivity contribution in [2.45, 2.75) is 33.3 Å². The Hall–Kier alpha value is -1.06. The predicted octanol–water partition coefficient (Wildman–Crippen LogP) is 3.18. The summed E-state index contributed by atoms with van der Waals surface area (Å²) in [6, 6.07) is 7.61. The molecule has 0 unspecified atom stereocenters. The highest BCUT2D eigenvalue weighted by molar-refractivity contribution is 5.34. The molecule has 0 saturated heterocycles. The standard InChI is InChI=1S/C15H24O3/c1-4-14(16)13-7-5-6-8-15(13)18-10-9-17-11-12(2)3/h5-8,12,14,16H,4,9-11H2,1-3H3/t14-/m1/s1. The number of benzene rings is 1. The first-order valence-electron chi connectivity index (χ1n) is 6.62. The van der Waals surface area contributed by atoms with Crippen LogP contribution in [0.3, 0.4) is 0 Å². The molecule has 3 nitrogen and oxygen atoms in total. The van der Waals surface area contributed by atoms with Crippen LogP contribution < -0.4 is 4.74 Å². The van der Waals surface area contributed by atoms with Crippen molar-refractivity contribution in [2.24, 2.45) is 5.92 Å². The lowest BCUT2D eigenvalue weighted by Gasteiger charge is -2.15. The average Bonchev–Trinajstić information content (AvgIpc) is 2.37. The number of rotatable bonds is 8. The second-order valence-corrected chi connectivity index (χ2v) is 4.78. The highest BCUT2D eigenvalue weighted by atomic mass is 16.5. The number of hydrogen-bond donors (Lipinski definition) is 1. The van der Waals surface area contributed by atoms with Crippen molar-refractivity contribution in [1.82, 2.24) is 0 Å². The molecule has 0 aliphatic carbocycles. The van der Waals surface area contributed by atoms with E-state index in [1.807, 2.05) is 31.2 Å². The molecule has 0 aromatic heterocycles. The van der Waals surface area contributed by atoms with E-state index in [1.165, 1.54) is 0 Å². The zero-order chi connectivity index (χ0) is 13.4. The van der Waals surface area contributed by atoms with Gasteiger partial charge in [-0.2, -0.15) is 0 Å². The van der Waals surface area contributed by atoms with Gasteiger partial charge in [-0.3, -0.25) is 0 Å². The number of para-hydroxylation sites is 1. The zero-order valence-corrected chi connectivity index (χ0v) is 11.6. The Morgan fingerprint density at radius 2 is 1.89 bits per heavy atom. The molecule has 18 heavy (non-hydrogen) atoms. The van der Waals surface area contributed by atoms with Crippen molar-refractivity contribution in [3.05, 3.63) is 29.8 Å². The molecule has 1 rings (SSSR count). The molecule has 1 aromatic rings. The van der Waals surface area contributed by atoms with Crippen LogP contribution in [0.25, 0.3) is 0 Å². The van der Waals surface area contributed by atoms with E-state index >= 15 is 0 Å². The normalized spacial score (nSPS) is 12.7. The first-order valence-corrected chi connectivity index (χ1v) is 6.62. The molecule has 1 aromatic carbocycles. The fourth-order valence-electron chi connectivity index (χ4n) is 1.64. The van der Waals surface area contributed by atoms with Crippen LogP contribution in [0.5, 0.6) is 5.75 Å². The first kappa shape index (κ1) is 15.0. The van der Waals surface area contributed by atoms with Gasteiger partial charge in [0.25, 0.3) is 0 Å². The Labute approximate surface area is 110 Å². The lowest BCUT2D eigenvalue weighted by atomic mass is 10.1. The van der Waals surface area contributed by atoms with Crippen molar-refractivity contribution in [1.29, 1.82) is 0 Å². The smallest absolute Gasteiger partial charge is 0.125 e. The van der Waals surface area contributed by atoms with Crippen LogP contribution in [-0.2, 0) is 4.74 Å². The molecule has 0 fully saturated rings. The topological polar surface area (TPSA) is 38.7 Å². The van der Waals surface area contributed by atoms with Crippen molar-refractivity contribution >= 4 is 0 Å². The van der Waals surface area contributed by atoms with E-state index in [9.17, 15) is 5.11 Å². The highest BCUT2D eigenvalue weighted by Gasteiger charge is 2.10. The molecule has 3 heteroatoms. The number of hydrogen-bond acceptors (Lipinski definition) is 3. The molecular formula is C15H24O3. The maximum atomic E-state index is 9.87. The van der Waals surface area contributed by atoms with E-state index in [-0.39, 0.29) is 0 Å². The molecule has 0 saturated carbocycles. The molecule has 0 radical (unpaired) electrons. The minimum Gasteiger partial charge on any atom is -0.491 e. The third kappa shape index (κ3) is 5.07. The van der Waals surface area contributed by atoms with Crippen LogP contribution in [0.2, 0.25) is 0 Å². The summed E-state index contributed by atoms with van der Waals surface area (Å²) in [6.07, 6.45) is 0.224. The minimum absolute atomic E-state index is 0.460. The number of aliphatic hydroxyl groups excluding tert-OH is 1.